The van der Waals surface area contributed by atoms with Crippen LogP contribution in [0.2, 0.25) is 0 Å². The second-order valence-electron chi connectivity index (χ2n) is 6.47. The summed E-state index contributed by atoms with van der Waals surface area (Å²) in [7, 11) is 0. The first-order valence-corrected chi connectivity index (χ1v) is 7.45. The number of hydrogen-bond acceptors (Lipinski definition) is 2. The lowest BCUT2D eigenvalue weighted by Gasteiger charge is -2.31. The van der Waals surface area contributed by atoms with Crippen LogP contribution in [0.3, 0.4) is 0 Å². The second kappa shape index (κ2) is 7.30. The van der Waals surface area contributed by atoms with Gasteiger partial charge in [0, 0.05) is 0 Å². The number of hydrogen-bond donors (Lipinski definition) is 2. The number of aliphatic hydroxyl groups excluding tert-OH is 1. The first-order chi connectivity index (χ1) is 8.39. The third-order valence-corrected chi connectivity index (χ3v) is 4.21. The van der Waals surface area contributed by atoms with Crippen LogP contribution in [0.15, 0.2) is 11.6 Å². The Kier molecular flexibility index (Phi) is 6.37. The SMILES string of the molecule is CC1=CC[C@H](C(C)(C)O)CC1.OC1CCCCC1. The van der Waals surface area contributed by atoms with Crippen molar-refractivity contribution in [1.29, 1.82) is 0 Å². The Labute approximate surface area is 112 Å². The molecule has 0 spiro atoms. The van der Waals surface area contributed by atoms with Crippen LogP contribution >= 0.6 is 0 Å². The normalized spacial score (nSPS) is 26.1. The molecular formula is C16H30O2. The standard InChI is InChI=1S/C10H18O.C6H12O/c1-8-4-6-9(7-5-8)10(2,3)11;7-6-4-2-1-3-5-6/h4,9,11H,5-7H2,1-3H3;6-7H,1-5H2/t9-;/m0./s1. The minimum atomic E-state index is -0.489. The van der Waals surface area contributed by atoms with Gasteiger partial charge in [-0.25, -0.2) is 0 Å². The number of rotatable bonds is 1. The van der Waals surface area contributed by atoms with Crippen LogP contribution < -0.4 is 0 Å². The summed E-state index contributed by atoms with van der Waals surface area (Å²) >= 11 is 0. The molecule has 2 aliphatic rings. The quantitative estimate of drug-likeness (QED) is 0.698. The van der Waals surface area contributed by atoms with Gasteiger partial charge in [-0.2, -0.15) is 0 Å². The average Bonchev–Trinajstić information content (AvgIpc) is 2.30. The van der Waals surface area contributed by atoms with E-state index >= 15 is 0 Å². The molecule has 0 aromatic rings. The Bertz CT molecular complexity index is 257. The third kappa shape index (κ3) is 6.01. The molecule has 0 aromatic heterocycles. The first kappa shape index (κ1) is 15.7. The molecule has 0 heterocycles. The van der Waals surface area contributed by atoms with Crippen molar-refractivity contribution in [3.63, 3.8) is 0 Å². The molecule has 0 aliphatic heterocycles. The van der Waals surface area contributed by atoms with Crippen molar-refractivity contribution < 1.29 is 10.2 Å². The minimum Gasteiger partial charge on any atom is -0.393 e. The fourth-order valence-corrected chi connectivity index (χ4v) is 2.69. The van der Waals surface area contributed by atoms with E-state index in [9.17, 15) is 5.11 Å². The summed E-state index contributed by atoms with van der Waals surface area (Å²) in [5, 5.41) is 18.6. The molecule has 0 amide bonds. The molecule has 2 rings (SSSR count). The molecule has 2 N–H and O–H groups in total. The Hall–Kier alpha value is -0.340. The average molecular weight is 254 g/mol. The number of aliphatic hydroxyl groups is 2. The van der Waals surface area contributed by atoms with E-state index < -0.39 is 5.60 Å². The Morgan fingerprint density at radius 3 is 2.06 bits per heavy atom. The topological polar surface area (TPSA) is 40.5 Å². The van der Waals surface area contributed by atoms with Gasteiger partial charge in [0.15, 0.2) is 0 Å². The molecule has 0 aromatic carbocycles. The largest absolute Gasteiger partial charge is 0.393 e. The molecule has 1 fully saturated rings. The van der Waals surface area contributed by atoms with E-state index in [2.05, 4.69) is 13.0 Å². The molecule has 2 aliphatic carbocycles. The lowest BCUT2D eigenvalue weighted by molar-refractivity contribution is 0.0126. The molecule has 0 bridgehead atoms. The van der Waals surface area contributed by atoms with E-state index in [-0.39, 0.29) is 6.10 Å². The fraction of sp³-hybridized carbons (Fsp3) is 0.875. The van der Waals surface area contributed by atoms with Crippen molar-refractivity contribution in [2.75, 3.05) is 0 Å². The summed E-state index contributed by atoms with van der Waals surface area (Å²) in [6, 6.07) is 0. The van der Waals surface area contributed by atoms with Gasteiger partial charge in [-0.1, -0.05) is 30.9 Å². The lowest BCUT2D eigenvalue weighted by Crippen LogP contribution is -2.31. The second-order valence-corrected chi connectivity index (χ2v) is 6.47. The summed E-state index contributed by atoms with van der Waals surface area (Å²) in [5.41, 5.74) is 0.988. The molecule has 2 heteroatoms. The van der Waals surface area contributed by atoms with Crippen molar-refractivity contribution in [3.05, 3.63) is 11.6 Å². The molecule has 0 radical (unpaired) electrons. The zero-order valence-electron chi connectivity index (χ0n) is 12.3. The highest BCUT2D eigenvalue weighted by atomic mass is 16.3. The van der Waals surface area contributed by atoms with Crippen LogP contribution in [-0.2, 0) is 0 Å². The van der Waals surface area contributed by atoms with Crippen molar-refractivity contribution in [2.24, 2.45) is 5.92 Å². The maximum absolute atomic E-state index is 9.70. The minimum absolute atomic E-state index is 0.0359. The summed E-state index contributed by atoms with van der Waals surface area (Å²) in [4.78, 5) is 0. The maximum Gasteiger partial charge on any atom is 0.0622 e. The highest BCUT2D eigenvalue weighted by molar-refractivity contribution is 5.04. The third-order valence-electron chi connectivity index (χ3n) is 4.21. The summed E-state index contributed by atoms with van der Waals surface area (Å²) in [5.74, 6) is 0.464. The van der Waals surface area contributed by atoms with E-state index in [0.29, 0.717) is 5.92 Å². The molecule has 1 atom stereocenters. The van der Waals surface area contributed by atoms with E-state index in [1.807, 2.05) is 13.8 Å². The van der Waals surface area contributed by atoms with Gasteiger partial charge in [0.2, 0.25) is 0 Å². The van der Waals surface area contributed by atoms with Crippen LogP contribution in [0.1, 0.15) is 72.1 Å². The molecule has 0 unspecified atom stereocenters. The van der Waals surface area contributed by atoms with Gasteiger partial charge in [-0.15, -0.1) is 0 Å². The number of allylic oxidation sites excluding steroid dienone is 2. The fourth-order valence-electron chi connectivity index (χ4n) is 2.69. The van der Waals surface area contributed by atoms with Gasteiger partial charge < -0.3 is 10.2 Å². The zero-order chi connectivity index (χ0) is 13.6. The smallest absolute Gasteiger partial charge is 0.0622 e. The first-order valence-electron chi connectivity index (χ1n) is 7.45. The molecule has 106 valence electrons. The highest BCUT2D eigenvalue weighted by Crippen LogP contribution is 2.31. The monoisotopic (exact) mass is 254 g/mol. The van der Waals surface area contributed by atoms with Crippen LogP contribution in [0.5, 0.6) is 0 Å². The van der Waals surface area contributed by atoms with Gasteiger partial charge in [-0.3, -0.25) is 0 Å². The van der Waals surface area contributed by atoms with E-state index in [1.54, 1.807) is 0 Å². The van der Waals surface area contributed by atoms with Crippen LogP contribution in [-0.4, -0.2) is 21.9 Å². The van der Waals surface area contributed by atoms with Gasteiger partial charge in [0.25, 0.3) is 0 Å². The van der Waals surface area contributed by atoms with Crippen molar-refractivity contribution in [2.45, 2.75) is 83.8 Å². The maximum atomic E-state index is 9.70. The predicted octanol–water partition coefficient (Wildman–Crippen LogP) is 3.82. The molecule has 0 saturated heterocycles. The van der Waals surface area contributed by atoms with Gasteiger partial charge in [0.1, 0.15) is 0 Å². The van der Waals surface area contributed by atoms with Gasteiger partial charge in [0.05, 0.1) is 11.7 Å². The van der Waals surface area contributed by atoms with Crippen molar-refractivity contribution >= 4 is 0 Å². The summed E-state index contributed by atoms with van der Waals surface area (Å²) < 4.78 is 0. The molecule has 18 heavy (non-hydrogen) atoms. The Morgan fingerprint density at radius 1 is 1.11 bits per heavy atom. The van der Waals surface area contributed by atoms with Gasteiger partial charge >= 0.3 is 0 Å². The summed E-state index contributed by atoms with van der Waals surface area (Å²) in [6.07, 6.45) is 11.5. The highest BCUT2D eigenvalue weighted by Gasteiger charge is 2.27. The molecular weight excluding hydrogens is 224 g/mol. The molecule has 1 saturated carbocycles. The van der Waals surface area contributed by atoms with Crippen molar-refractivity contribution in [3.8, 4) is 0 Å². The van der Waals surface area contributed by atoms with E-state index in [0.717, 1.165) is 32.1 Å². The lowest BCUT2D eigenvalue weighted by atomic mass is 9.80. The summed E-state index contributed by atoms with van der Waals surface area (Å²) in [6.45, 7) is 5.99. The van der Waals surface area contributed by atoms with Crippen molar-refractivity contribution in [1.82, 2.24) is 0 Å². The van der Waals surface area contributed by atoms with Crippen LogP contribution in [0.4, 0.5) is 0 Å². The Morgan fingerprint density at radius 2 is 1.72 bits per heavy atom. The zero-order valence-corrected chi connectivity index (χ0v) is 12.3. The van der Waals surface area contributed by atoms with Crippen LogP contribution in [0, 0.1) is 5.92 Å². The van der Waals surface area contributed by atoms with Gasteiger partial charge in [-0.05, 0) is 58.8 Å². The van der Waals surface area contributed by atoms with Crippen LogP contribution in [0.25, 0.3) is 0 Å². The molecule has 2 nitrogen and oxygen atoms in total. The Balaban J connectivity index is 0.000000199. The predicted molar refractivity (Wildman–Crippen MR) is 76.5 cm³/mol. The van der Waals surface area contributed by atoms with E-state index in [4.69, 9.17) is 5.11 Å². The van der Waals surface area contributed by atoms with E-state index in [1.165, 1.54) is 24.8 Å².